The number of benzene rings is 1. The van der Waals surface area contributed by atoms with Crippen molar-refractivity contribution < 1.29 is 18.7 Å². The number of hydrogen-bond donors (Lipinski definition) is 1. The summed E-state index contributed by atoms with van der Waals surface area (Å²) >= 11 is 5.84. The molecule has 3 heterocycles. The Hall–Kier alpha value is -1.37. The Morgan fingerprint density at radius 2 is 2.25 bits per heavy atom. The van der Waals surface area contributed by atoms with Crippen LogP contribution in [0.25, 0.3) is 0 Å². The van der Waals surface area contributed by atoms with Crippen LogP contribution < -0.4 is 5.32 Å². The first-order chi connectivity index (χ1) is 11.6. The summed E-state index contributed by atoms with van der Waals surface area (Å²) in [6.07, 6.45) is 3.19. The van der Waals surface area contributed by atoms with E-state index in [4.69, 9.17) is 21.1 Å². The van der Waals surface area contributed by atoms with Crippen LogP contribution in [-0.4, -0.2) is 48.9 Å². The summed E-state index contributed by atoms with van der Waals surface area (Å²) in [6, 6.07) is 4.56. The zero-order chi connectivity index (χ0) is 16.7. The first kappa shape index (κ1) is 16.1. The number of hydrogen-bond acceptors (Lipinski definition) is 3. The fourth-order valence-corrected chi connectivity index (χ4v) is 3.98. The Balaban J connectivity index is 1.39. The Labute approximate surface area is 145 Å². The molecule has 0 spiro atoms. The second-order valence-electron chi connectivity index (χ2n) is 6.64. The largest absolute Gasteiger partial charge is 0.373 e. The minimum atomic E-state index is -0.456. The zero-order valence-corrected chi connectivity index (χ0v) is 14.0. The van der Waals surface area contributed by atoms with Crippen molar-refractivity contribution in [1.29, 1.82) is 0 Å². The third kappa shape index (κ3) is 3.10. The molecule has 4 rings (SSSR count). The summed E-state index contributed by atoms with van der Waals surface area (Å²) in [4.78, 5) is 14.3. The van der Waals surface area contributed by atoms with Crippen molar-refractivity contribution in [1.82, 2.24) is 10.2 Å². The number of halogens is 2. The summed E-state index contributed by atoms with van der Waals surface area (Å²) in [5, 5.41) is 3.16. The second kappa shape index (κ2) is 6.50. The predicted molar refractivity (Wildman–Crippen MR) is 86.5 cm³/mol. The van der Waals surface area contributed by atoms with Gasteiger partial charge in [-0.05, 0) is 37.0 Å². The molecule has 0 unspecified atom stereocenters. The maximum absolute atomic E-state index is 13.3. The molecule has 130 valence electrons. The first-order valence-electron chi connectivity index (χ1n) is 8.37. The molecule has 1 aromatic rings. The van der Waals surface area contributed by atoms with Crippen LogP contribution in [0.15, 0.2) is 18.2 Å². The molecule has 0 aliphatic carbocycles. The highest BCUT2D eigenvalue weighted by Gasteiger charge is 2.42. The molecule has 1 N–H and O–H groups in total. The van der Waals surface area contributed by atoms with E-state index in [1.54, 1.807) is 17.0 Å². The van der Waals surface area contributed by atoms with Crippen molar-refractivity contribution in [3.05, 3.63) is 34.6 Å². The van der Waals surface area contributed by atoms with Crippen LogP contribution in [0.2, 0.25) is 5.02 Å². The molecule has 24 heavy (non-hydrogen) atoms. The molecule has 3 aliphatic rings. The Kier molecular flexibility index (Phi) is 4.37. The number of morpholine rings is 1. The summed E-state index contributed by atoms with van der Waals surface area (Å²) < 4.78 is 24.8. The van der Waals surface area contributed by atoms with Gasteiger partial charge in [-0.25, -0.2) is 9.18 Å². The van der Waals surface area contributed by atoms with E-state index in [0.717, 1.165) is 24.8 Å². The van der Waals surface area contributed by atoms with Crippen LogP contribution in [0.3, 0.4) is 0 Å². The molecule has 1 aromatic carbocycles. The van der Waals surface area contributed by atoms with E-state index in [0.29, 0.717) is 25.8 Å². The number of rotatable bonds is 2. The highest BCUT2D eigenvalue weighted by atomic mass is 35.5. The molecular formula is C17H20ClFN2O3. The SMILES string of the molecule is O=C(N[C@H]1C[C@H]2CC[C@H]1O2)N1CCO[C@H](c2ccc(F)c(Cl)c2)C1. The molecule has 3 aliphatic heterocycles. The van der Waals surface area contributed by atoms with Gasteiger partial charge in [-0.1, -0.05) is 17.7 Å². The monoisotopic (exact) mass is 354 g/mol. The smallest absolute Gasteiger partial charge is 0.317 e. The second-order valence-corrected chi connectivity index (χ2v) is 7.05. The average molecular weight is 355 g/mol. The number of nitrogens with zero attached hydrogens (tertiary/aromatic N) is 1. The minimum Gasteiger partial charge on any atom is -0.373 e. The summed E-state index contributed by atoms with van der Waals surface area (Å²) in [7, 11) is 0. The van der Waals surface area contributed by atoms with E-state index in [2.05, 4.69) is 5.32 Å². The lowest BCUT2D eigenvalue weighted by Crippen LogP contribution is -2.51. The summed E-state index contributed by atoms with van der Waals surface area (Å²) in [5.41, 5.74) is 0.780. The predicted octanol–water partition coefficient (Wildman–Crippen LogP) is 2.88. The van der Waals surface area contributed by atoms with E-state index in [1.165, 1.54) is 6.07 Å². The van der Waals surface area contributed by atoms with Gasteiger partial charge in [-0.15, -0.1) is 0 Å². The van der Waals surface area contributed by atoms with E-state index >= 15 is 0 Å². The maximum atomic E-state index is 13.3. The van der Waals surface area contributed by atoms with Crippen LogP contribution in [0.4, 0.5) is 9.18 Å². The molecule has 2 amide bonds. The fraction of sp³-hybridized carbons (Fsp3) is 0.588. The van der Waals surface area contributed by atoms with Gasteiger partial charge in [0, 0.05) is 6.54 Å². The minimum absolute atomic E-state index is 0.0665. The molecule has 0 saturated carbocycles. The fourth-order valence-electron chi connectivity index (χ4n) is 3.79. The molecule has 7 heteroatoms. The molecular weight excluding hydrogens is 335 g/mol. The number of urea groups is 1. The topological polar surface area (TPSA) is 50.8 Å². The van der Waals surface area contributed by atoms with Crippen molar-refractivity contribution in [3.63, 3.8) is 0 Å². The van der Waals surface area contributed by atoms with E-state index in [-0.39, 0.29) is 29.3 Å². The number of carbonyl (C=O) groups is 1. The van der Waals surface area contributed by atoms with Crippen LogP contribution in [-0.2, 0) is 9.47 Å². The van der Waals surface area contributed by atoms with Gasteiger partial charge in [0.25, 0.3) is 0 Å². The van der Waals surface area contributed by atoms with Gasteiger partial charge in [0.2, 0.25) is 0 Å². The van der Waals surface area contributed by atoms with E-state index in [9.17, 15) is 9.18 Å². The quantitative estimate of drug-likeness (QED) is 0.888. The maximum Gasteiger partial charge on any atom is 0.317 e. The lowest BCUT2D eigenvalue weighted by molar-refractivity contribution is -0.0161. The zero-order valence-electron chi connectivity index (χ0n) is 13.2. The normalized spacial score (nSPS) is 32.2. The van der Waals surface area contributed by atoms with Gasteiger partial charge in [0.15, 0.2) is 0 Å². The number of fused-ring (bicyclic) bond motifs is 2. The van der Waals surface area contributed by atoms with Crippen molar-refractivity contribution in [2.75, 3.05) is 19.7 Å². The van der Waals surface area contributed by atoms with Gasteiger partial charge in [-0.3, -0.25) is 0 Å². The number of nitrogens with one attached hydrogen (secondary N) is 1. The number of amides is 2. The van der Waals surface area contributed by atoms with E-state index < -0.39 is 5.82 Å². The van der Waals surface area contributed by atoms with E-state index in [1.807, 2.05) is 0 Å². The van der Waals surface area contributed by atoms with Crippen LogP contribution in [0.1, 0.15) is 30.9 Å². The number of ether oxygens (including phenoxy) is 2. The average Bonchev–Trinajstić information content (AvgIpc) is 3.20. The lowest BCUT2D eigenvalue weighted by Gasteiger charge is -2.34. The molecule has 0 radical (unpaired) electrons. The van der Waals surface area contributed by atoms with Gasteiger partial charge in [0.05, 0.1) is 36.4 Å². The lowest BCUT2D eigenvalue weighted by atomic mass is 9.96. The van der Waals surface area contributed by atoms with Gasteiger partial charge >= 0.3 is 6.03 Å². The van der Waals surface area contributed by atoms with Crippen molar-refractivity contribution in [2.45, 2.75) is 43.6 Å². The third-order valence-electron chi connectivity index (χ3n) is 5.08. The van der Waals surface area contributed by atoms with Crippen LogP contribution >= 0.6 is 11.6 Å². The highest BCUT2D eigenvalue weighted by molar-refractivity contribution is 6.30. The Morgan fingerprint density at radius 3 is 2.96 bits per heavy atom. The summed E-state index contributed by atoms with van der Waals surface area (Å²) in [5.74, 6) is -0.456. The molecule has 5 nitrogen and oxygen atoms in total. The first-order valence-corrected chi connectivity index (χ1v) is 8.75. The van der Waals surface area contributed by atoms with Gasteiger partial charge < -0.3 is 19.7 Å². The summed E-state index contributed by atoms with van der Waals surface area (Å²) in [6.45, 7) is 1.41. The molecule has 3 fully saturated rings. The van der Waals surface area contributed by atoms with Crippen LogP contribution in [0, 0.1) is 5.82 Å². The highest BCUT2D eigenvalue weighted by Crippen LogP contribution is 2.34. The Bertz CT molecular complexity index is 644. The Morgan fingerprint density at radius 1 is 1.38 bits per heavy atom. The van der Waals surface area contributed by atoms with Crippen molar-refractivity contribution in [3.8, 4) is 0 Å². The molecule has 4 atom stereocenters. The molecule has 2 bridgehead atoms. The molecule has 0 aromatic heterocycles. The number of carbonyl (C=O) groups excluding carboxylic acids is 1. The standard InChI is InChI=1S/C17H20ClFN2O3/c18-12-7-10(1-3-13(12)19)16-9-21(5-6-23-16)17(22)20-14-8-11-2-4-15(14)24-11/h1,3,7,11,14-16H,2,4-6,8-9H2,(H,20,22)/t11-,14+,15-,16+/m1/s1. The van der Waals surface area contributed by atoms with Crippen molar-refractivity contribution >= 4 is 17.6 Å². The molecule has 3 saturated heterocycles. The van der Waals surface area contributed by atoms with Crippen molar-refractivity contribution in [2.24, 2.45) is 0 Å². The van der Waals surface area contributed by atoms with Gasteiger partial charge in [-0.2, -0.15) is 0 Å². The van der Waals surface area contributed by atoms with Crippen LogP contribution in [0.5, 0.6) is 0 Å². The van der Waals surface area contributed by atoms with Gasteiger partial charge in [0.1, 0.15) is 11.9 Å². The third-order valence-corrected chi connectivity index (χ3v) is 5.37.